The Morgan fingerprint density at radius 2 is 1.96 bits per heavy atom. The van der Waals surface area contributed by atoms with E-state index in [1.807, 2.05) is 30.0 Å². The van der Waals surface area contributed by atoms with Crippen molar-refractivity contribution in [3.8, 4) is 0 Å². The minimum absolute atomic E-state index is 0.115. The van der Waals surface area contributed by atoms with Gasteiger partial charge in [0.25, 0.3) is 0 Å². The van der Waals surface area contributed by atoms with E-state index in [-0.39, 0.29) is 11.9 Å². The fourth-order valence-corrected chi connectivity index (χ4v) is 3.55. The molecule has 1 aliphatic rings. The van der Waals surface area contributed by atoms with E-state index in [9.17, 15) is 4.79 Å². The summed E-state index contributed by atoms with van der Waals surface area (Å²) >= 11 is 12.0. The van der Waals surface area contributed by atoms with E-state index in [0.29, 0.717) is 11.4 Å². The van der Waals surface area contributed by atoms with Crippen molar-refractivity contribution in [2.24, 2.45) is 0 Å². The van der Waals surface area contributed by atoms with E-state index < -0.39 is 0 Å². The Hall–Kier alpha value is -1.56. The number of aromatic nitrogens is 2. The normalized spacial score (nSPS) is 16.8. The molecule has 1 saturated heterocycles. The molecule has 1 aromatic carbocycles. The zero-order chi connectivity index (χ0) is 17.8. The van der Waals surface area contributed by atoms with Gasteiger partial charge in [0.2, 0.25) is 5.91 Å². The van der Waals surface area contributed by atoms with Gasteiger partial charge in [0, 0.05) is 43.9 Å². The second-order valence-electron chi connectivity index (χ2n) is 6.29. The van der Waals surface area contributed by atoms with Crippen molar-refractivity contribution in [2.45, 2.75) is 25.9 Å². The molecule has 2 aromatic rings. The molecule has 0 aliphatic carbocycles. The lowest BCUT2D eigenvalue weighted by molar-refractivity contribution is -0.137. The Balaban J connectivity index is 1.56. The average Bonchev–Trinajstić information content (AvgIpc) is 3.02. The molecule has 1 unspecified atom stereocenters. The highest BCUT2D eigenvalue weighted by molar-refractivity contribution is 6.30. The van der Waals surface area contributed by atoms with Crippen LogP contribution in [0.15, 0.2) is 36.7 Å². The molecule has 1 amide bonds. The van der Waals surface area contributed by atoms with Gasteiger partial charge in [-0.3, -0.25) is 14.4 Å². The van der Waals surface area contributed by atoms with Crippen molar-refractivity contribution in [1.82, 2.24) is 19.6 Å². The molecule has 134 valence electrons. The van der Waals surface area contributed by atoms with Crippen molar-refractivity contribution in [3.63, 3.8) is 0 Å². The third kappa shape index (κ3) is 4.54. The van der Waals surface area contributed by atoms with Gasteiger partial charge in [-0.1, -0.05) is 42.3 Å². The Bertz CT molecular complexity index is 725. The molecule has 1 atom stereocenters. The van der Waals surface area contributed by atoms with E-state index in [4.69, 9.17) is 23.2 Å². The number of benzene rings is 1. The smallest absolute Gasteiger partial charge is 0.247 e. The van der Waals surface area contributed by atoms with Gasteiger partial charge in [-0.2, -0.15) is 5.10 Å². The lowest BCUT2D eigenvalue weighted by Crippen LogP contribution is -2.50. The molecule has 1 aromatic heterocycles. The van der Waals surface area contributed by atoms with E-state index >= 15 is 0 Å². The maximum Gasteiger partial charge on any atom is 0.247 e. The number of amides is 1. The predicted octanol–water partition coefficient (Wildman–Crippen LogP) is 3.49. The first kappa shape index (κ1) is 18.2. The fourth-order valence-electron chi connectivity index (χ4n) is 3.19. The van der Waals surface area contributed by atoms with Crippen molar-refractivity contribution in [3.05, 3.63) is 52.3 Å². The number of nitrogens with zero attached hydrogens (tertiary/aromatic N) is 4. The molecule has 25 heavy (non-hydrogen) atoms. The second kappa shape index (κ2) is 8.21. The van der Waals surface area contributed by atoms with Crippen LogP contribution in [-0.2, 0) is 11.3 Å². The minimum Gasteiger partial charge on any atom is -0.338 e. The van der Waals surface area contributed by atoms with E-state index in [1.165, 1.54) is 5.56 Å². The number of hydrogen-bond donors (Lipinski definition) is 0. The van der Waals surface area contributed by atoms with E-state index in [1.54, 1.807) is 17.1 Å². The standard InChI is InChI=1S/C18H22Cl2N4O/c1-2-17(24-13-16(20)11-21-24)18(25)23-8-6-22(7-9-23)12-14-4-3-5-15(19)10-14/h3-5,10-11,13,17H,2,6-9,12H2,1H3. The van der Waals surface area contributed by atoms with Gasteiger partial charge in [-0.05, 0) is 24.1 Å². The van der Waals surface area contributed by atoms with Crippen LogP contribution in [0.5, 0.6) is 0 Å². The van der Waals surface area contributed by atoms with Crippen molar-refractivity contribution < 1.29 is 4.79 Å². The summed E-state index contributed by atoms with van der Waals surface area (Å²) in [6, 6.07) is 7.64. The quantitative estimate of drug-likeness (QED) is 0.796. The molecule has 0 bridgehead atoms. The highest BCUT2D eigenvalue weighted by Gasteiger charge is 2.28. The molecule has 1 fully saturated rings. The van der Waals surface area contributed by atoms with Crippen LogP contribution >= 0.6 is 23.2 Å². The average molecular weight is 381 g/mol. The molecule has 2 heterocycles. The summed E-state index contributed by atoms with van der Waals surface area (Å²) in [7, 11) is 0. The van der Waals surface area contributed by atoms with Gasteiger partial charge in [-0.15, -0.1) is 0 Å². The van der Waals surface area contributed by atoms with Crippen molar-refractivity contribution in [1.29, 1.82) is 0 Å². The van der Waals surface area contributed by atoms with Crippen molar-refractivity contribution in [2.75, 3.05) is 26.2 Å². The zero-order valence-electron chi connectivity index (χ0n) is 14.2. The van der Waals surface area contributed by atoms with E-state index in [0.717, 1.165) is 37.7 Å². The zero-order valence-corrected chi connectivity index (χ0v) is 15.7. The van der Waals surface area contributed by atoms with Gasteiger partial charge in [0.05, 0.1) is 11.2 Å². The maximum atomic E-state index is 12.8. The maximum absolute atomic E-state index is 12.8. The molecule has 0 saturated carbocycles. The first-order valence-corrected chi connectivity index (χ1v) is 9.27. The summed E-state index contributed by atoms with van der Waals surface area (Å²) in [6.07, 6.45) is 3.98. The molecular formula is C18H22Cl2N4O. The monoisotopic (exact) mass is 380 g/mol. The summed E-state index contributed by atoms with van der Waals surface area (Å²) in [5.41, 5.74) is 1.20. The highest BCUT2D eigenvalue weighted by Crippen LogP contribution is 2.19. The summed E-state index contributed by atoms with van der Waals surface area (Å²) in [4.78, 5) is 17.1. The SMILES string of the molecule is CCC(C(=O)N1CCN(Cc2cccc(Cl)c2)CC1)n1cc(Cl)cn1. The topological polar surface area (TPSA) is 41.4 Å². The van der Waals surface area contributed by atoms with Crippen LogP contribution in [0.1, 0.15) is 24.9 Å². The summed E-state index contributed by atoms with van der Waals surface area (Å²) in [5, 5.41) is 5.51. The van der Waals surface area contributed by atoms with Gasteiger partial charge >= 0.3 is 0 Å². The number of carbonyl (C=O) groups is 1. The summed E-state index contributed by atoms with van der Waals surface area (Å²) < 4.78 is 1.67. The van der Waals surface area contributed by atoms with Crippen molar-refractivity contribution >= 4 is 29.1 Å². The fraction of sp³-hybridized carbons (Fsp3) is 0.444. The van der Waals surface area contributed by atoms with Crippen LogP contribution in [0, 0.1) is 0 Å². The third-order valence-corrected chi connectivity index (χ3v) is 4.97. The number of hydrogen-bond acceptors (Lipinski definition) is 3. The van der Waals surface area contributed by atoms with Crippen LogP contribution in [0.25, 0.3) is 0 Å². The Morgan fingerprint density at radius 3 is 2.56 bits per heavy atom. The van der Waals surface area contributed by atoms with Gasteiger partial charge < -0.3 is 4.90 Å². The minimum atomic E-state index is -0.285. The lowest BCUT2D eigenvalue weighted by atomic mass is 10.1. The number of halogens is 2. The van der Waals surface area contributed by atoms with Crippen LogP contribution in [0.4, 0.5) is 0 Å². The van der Waals surface area contributed by atoms with Gasteiger partial charge in [-0.25, -0.2) is 0 Å². The Morgan fingerprint density at radius 1 is 1.20 bits per heavy atom. The first-order valence-electron chi connectivity index (χ1n) is 8.52. The van der Waals surface area contributed by atoms with Crippen LogP contribution in [0.2, 0.25) is 10.0 Å². The molecule has 0 N–H and O–H groups in total. The van der Waals surface area contributed by atoms with E-state index in [2.05, 4.69) is 16.1 Å². The Kier molecular flexibility index (Phi) is 5.99. The highest BCUT2D eigenvalue weighted by atomic mass is 35.5. The predicted molar refractivity (Wildman–Crippen MR) is 99.9 cm³/mol. The molecular weight excluding hydrogens is 359 g/mol. The summed E-state index contributed by atoms with van der Waals surface area (Å²) in [6.45, 7) is 6.01. The molecule has 1 aliphatic heterocycles. The largest absolute Gasteiger partial charge is 0.338 e. The lowest BCUT2D eigenvalue weighted by Gasteiger charge is -2.36. The van der Waals surface area contributed by atoms with Crippen LogP contribution in [-0.4, -0.2) is 51.7 Å². The molecule has 0 spiro atoms. The number of carbonyl (C=O) groups excluding carboxylic acids is 1. The van der Waals surface area contributed by atoms with Crippen LogP contribution < -0.4 is 0 Å². The van der Waals surface area contributed by atoms with Crippen LogP contribution in [0.3, 0.4) is 0 Å². The van der Waals surface area contributed by atoms with Gasteiger partial charge in [0.15, 0.2) is 0 Å². The number of rotatable bonds is 5. The Labute approximate surface area is 158 Å². The molecule has 5 nitrogen and oxygen atoms in total. The number of piperazine rings is 1. The van der Waals surface area contributed by atoms with Gasteiger partial charge in [0.1, 0.15) is 6.04 Å². The molecule has 0 radical (unpaired) electrons. The second-order valence-corrected chi connectivity index (χ2v) is 7.17. The molecule has 7 heteroatoms. The molecule has 3 rings (SSSR count). The first-order chi connectivity index (χ1) is 12.1. The summed E-state index contributed by atoms with van der Waals surface area (Å²) in [5.74, 6) is 0.115. The third-order valence-electron chi connectivity index (χ3n) is 4.54.